The van der Waals surface area contributed by atoms with Crippen molar-refractivity contribution in [2.24, 2.45) is 0 Å². The summed E-state index contributed by atoms with van der Waals surface area (Å²) in [4.78, 5) is 0. The predicted molar refractivity (Wildman–Crippen MR) is 110 cm³/mol. The maximum Gasteiger partial charge on any atom is 0.231 e. The van der Waals surface area contributed by atoms with Gasteiger partial charge in [0.2, 0.25) is 13.6 Å². The molecule has 0 fully saturated rings. The van der Waals surface area contributed by atoms with Crippen LogP contribution in [0.1, 0.15) is 75.6 Å². The number of benzene rings is 2. The predicted octanol–water partition coefficient (Wildman–Crippen LogP) is 5.57. The van der Waals surface area contributed by atoms with Gasteiger partial charge in [-0.2, -0.15) is 0 Å². The standard InChI is InChI=1S/C25H28O4/c1-5-23(3)11-25(17-9-21-19(7-15(17)23)26-13-28-21)12-24(4,6-2)16-8-20-22(10-18(16)25)29-14-27-20/h7-10H,5-6,11-14H2,1-4H3. The first-order valence-corrected chi connectivity index (χ1v) is 10.8. The minimum absolute atomic E-state index is 0.0256. The number of fused-ring (bicyclic) bond motifs is 6. The topological polar surface area (TPSA) is 36.9 Å². The van der Waals surface area contributed by atoms with Gasteiger partial charge in [0.15, 0.2) is 23.0 Å². The van der Waals surface area contributed by atoms with Crippen LogP contribution in [-0.2, 0) is 16.2 Å². The van der Waals surface area contributed by atoms with Gasteiger partial charge in [0, 0.05) is 5.41 Å². The summed E-state index contributed by atoms with van der Waals surface area (Å²) in [6, 6.07) is 9.05. The molecule has 2 unspecified atom stereocenters. The van der Waals surface area contributed by atoms with Gasteiger partial charge < -0.3 is 18.9 Å². The molecule has 29 heavy (non-hydrogen) atoms. The lowest BCUT2D eigenvalue weighted by molar-refractivity contribution is 0.173. The first-order valence-electron chi connectivity index (χ1n) is 10.8. The molecule has 2 heterocycles. The van der Waals surface area contributed by atoms with Gasteiger partial charge in [-0.1, -0.05) is 27.7 Å². The minimum Gasteiger partial charge on any atom is -0.454 e. The van der Waals surface area contributed by atoms with E-state index in [0.29, 0.717) is 13.6 Å². The summed E-state index contributed by atoms with van der Waals surface area (Å²) in [7, 11) is 0. The minimum atomic E-state index is -0.0256. The fourth-order valence-electron chi connectivity index (χ4n) is 6.42. The molecule has 2 aromatic rings. The zero-order valence-corrected chi connectivity index (χ0v) is 17.7. The molecule has 2 aromatic carbocycles. The Morgan fingerprint density at radius 3 is 1.31 bits per heavy atom. The molecule has 2 aliphatic heterocycles. The second-order valence-electron chi connectivity index (χ2n) is 9.77. The molecule has 0 aromatic heterocycles. The first kappa shape index (κ1) is 17.5. The van der Waals surface area contributed by atoms with Crippen molar-refractivity contribution in [2.45, 2.75) is 69.6 Å². The van der Waals surface area contributed by atoms with E-state index < -0.39 is 0 Å². The number of hydrogen-bond acceptors (Lipinski definition) is 4. The molecule has 2 atom stereocenters. The van der Waals surface area contributed by atoms with Crippen molar-refractivity contribution in [1.82, 2.24) is 0 Å². The number of rotatable bonds is 2. The van der Waals surface area contributed by atoms with E-state index >= 15 is 0 Å². The normalized spacial score (nSPS) is 32.7. The Labute approximate surface area is 172 Å². The number of ether oxygens (including phenoxy) is 4. The third-order valence-corrected chi connectivity index (χ3v) is 8.30. The molecule has 0 saturated carbocycles. The van der Waals surface area contributed by atoms with E-state index in [1.165, 1.54) is 22.3 Å². The zero-order valence-electron chi connectivity index (χ0n) is 17.7. The van der Waals surface area contributed by atoms with E-state index in [0.717, 1.165) is 48.7 Å². The van der Waals surface area contributed by atoms with Crippen LogP contribution >= 0.6 is 0 Å². The summed E-state index contributed by atoms with van der Waals surface area (Å²) >= 11 is 0. The maximum atomic E-state index is 5.80. The average Bonchev–Trinajstić information content (AvgIpc) is 3.46. The van der Waals surface area contributed by atoms with Gasteiger partial charge >= 0.3 is 0 Å². The van der Waals surface area contributed by atoms with Crippen LogP contribution in [0.15, 0.2) is 24.3 Å². The van der Waals surface area contributed by atoms with Gasteiger partial charge in [-0.25, -0.2) is 0 Å². The van der Waals surface area contributed by atoms with Crippen molar-refractivity contribution >= 4 is 0 Å². The van der Waals surface area contributed by atoms with Crippen LogP contribution in [0.3, 0.4) is 0 Å². The molecule has 4 nitrogen and oxygen atoms in total. The molecular formula is C25H28O4. The van der Waals surface area contributed by atoms with E-state index in [2.05, 4.69) is 52.0 Å². The van der Waals surface area contributed by atoms with E-state index in [-0.39, 0.29) is 16.2 Å². The molecule has 0 bridgehead atoms. The van der Waals surface area contributed by atoms with E-state index in [1.54, 1.807) is 0 Å². The van der Waals surface area contributed by atoms with Crippen molar-refractivity contribution < 1.29 is 18.9 Å². The van der Waals surface area contributed by atoms with Crippen LogP contribution in [0.2, 0.25) is 0 Å². The zero-order chi connectivity index (χ0) is 20.0. The second kappa shape index (κ2) is 5.41. The van der Waals surface area contributed by atoms with Crippen LogP contribution < -0.4 is 18.9 Å². The van der Waals surface area contributed by atoms with Gasteiger partial charge in [0.1, 0.15) is 0 Å². The van der Waals surface area contributed by atoms with Crippen LogP contribution in [0.25, 0.3) is 0 Å². The van der Waals surface area contributed by atoms with E-state index in [1.807, 2.05) is 0 Å². The monoisotopic (exact) mass is 392 g/mol. The molecule has 2 aliphatic carbocycles. The SMILES string of the molecule is CCC1(C)CC2(CC(C)(CC)c3cc4c(cc32)OCO4)c2cc3c(cc21)OCO3. The van der Waals surface area contributed by atoms with Crippen molar-refractivity contribution in [3.05, 3.63) is 46.5 Å². The Hall–Kier alpha value is -2.36. The Kier molecular flexibility index (Phi) is 3.26. The van der Waals surface area contributed by atoms with E-state index in [4.69, 9.17) is 18.9 Å². The highest BCUT2D eigenvalue weighted by Crippen LogP contribution is 2.66. The highest BCUT2D eigenvalue weighted by Gasteiger charge is 2.58. The largest absolute Gasteiger partial charge is 0.454 e. The third-order valence-electron chi connectivity index (χ3n) is 8.30. The summed E-state index contributed by atoms with van der Waals surface area (Å²) < 4.78 is 23.1. The molecule has 0 radical (unpaired) electrons. The first-order chi connectivity index (χ1) is 13.9. The number of hydrogen-bond donors (Lipinski definition) is 0. The molecular weight excluding hydrogens is 364 g/mol. The molecule has 152 valence electrons. The molecule has 1 spiro atoms. The molecule has 4 heteroatoms. The highest BCUT2D eigenvalue weighted by atomic mass is 16.7. The highest BCUT2D eigenvalue weighted by molar-refractivity contribution is 5.66. The van der Waals surface area contributed by atoms with Crippen molar-refractivity contribution in [2.75, 3.05) is 13.6 Å². The summed E-state index contributed by atoms with van der Waals surface area (Å²) in [5.41, 5.74) is 5.89. The fourth-order valence-corrected chi connectivity index (χ4v) is 6.42. The van der Waals surface area contributed by atoms with E-state index in [9.17, 15) is 0 Å². The average molecular weight is 392 g/mol. The van der Waals surface area contributed by atoms with Crippen molar-refractivity contribution in [3.63, 3.8) is 0 Å². The van der Waals surface area contributed by atoms with Gasteiger partial charge in [-0.05, 0) is 83.0 Å². The third kappa shape index (κ3) is 2.05. The molecule has 6 rings (SSSR count). The Balaban J connectivity index is 1.65. The molecule has 4 aliphatic rings. The van der Waals surface area contributed by atoms with Gasteiger partial charge in [0.25, 0.3) is 0 Å². The lowest BCUT2D eigenvalue weighted by Gasteiger charge is -2.32. The Morgan fingerprint density at radius 2 is 0.966 bits per heavy atom. The Bertz CT molecular complexity index is 958. The summed E-state index contributed by atoms with van der Waals surface area (Å²) in [5, 5.41) is 0. The quantitative estimate of drug-likeness (QED) is 0.669. The van der Waals surface area contributed by atoms with Crippen LogP contribution in [0.5, 0.6) is 23.0 Å². The van der Waals surface area contributed by atoms with Crippen LogP contribution in [-0.4, -0.2) is 13.6 Å². The molecule has 0 saturated heterocycles. The molecule has 0 N–H and O–H groups in total. The Morgan fingerprint density at radius 1 is 0.621 bits per heavy atom. The fraction of sp³-hybridized carbons (Fsp3) is 0.520. The summed E-state index contributed by atoms with van der Waals surface area (Å²) in [6.07, 6.45) is 4.42. The second-order valence-corrected chi connectivity index (χ2v) is 9.77. The van der Waals surface area contributed by atoms with Crippen molar-refractivity contribution in [3.8, 4) is 23.0 Å². The van der Waals surface area contributed by atoms with Gasteiger partial charge in [0.05, 0.1) is 0 Å². The molecule has 0 amide bonds. The van der Waals surface area contributed by atoms with Gasteiger partial charge in [-0.3, -0.25) is 0 Å². The summed E-state index contributed by atoms with van der Waals surface area (Å²) in [5.74, 6) is 3.55. The summed E-state index contributed by atoms with van der Waals surface area (Å²) in [6.45, 7) is 10.1. The van der Waals surface area contributed by atoms with Crippen LogP contribution in [0, 0.1) is 0 Å². The van der Waals surface area contributed by atoms with Crippen molar-refractivity contribution in [1.29, 1.82) is 0 Å². The maximum absolute atomic E-state index is 5.80. The lowest BCUT2D eigenvalue weighted by atomic mass is 9.70. The lowest BCUT2D eigenvalue weighted by Crippen LogP contribution is -2.28. The van der Waals surface area contributed by atoms with Crippen LogP contribution in [0.4, 0.5) is 0 Å². The smallest absolute Gasteiger partial charge is 0.231 e. The van der Waals surface area contributed by atoms with Gasteiger partial charge in [-0.15, -0.1) is 0 Å².